The molecule has 8 nitrogen and oxygen atoms in total. The minimum Gasteiger partial charge on any atom is -0.465 e. The van der Waals surface area contributed by atoms with Crippen LogP contribution in [0.5, 0.6) is 0 Å². The molecular formula is C17H24N2O6S2. The Morgan fingerprint density at radius 2 is 2.00 bits per heavy atom. The average Bonchev–Trinajstić information content (AvgIpc) is 3.28. The van der Waals surface area contributed by atoms with Crippen LogP contribution in [-0.4, -0.2) is 68.6 Å². The van der Waals surface area contributed by atoms with Crippen LogP contribution in [0, 0.1) is 5.92 Å². The van der Waals surface area contributed by atoms with Gasteiger partial charge in [0.05, 0.1) is 13.2 Å². The van der Waals surface area contributed by atoms with E-state index < -0.39 is 16.0 Å². The van der Waals surface area contributed by atoms with Gasteiger partial charge < -0.3 is 9.47 Å². The predicted octanol–water partition coefficient (Wildman–Crippen LogP) is 2.16. The lowest BCUT2D eigenvalue weighted by Gasteiger charge is -2.38. The van der Waals surface area contributed by atoms with Crippen LogP contribution in [0.3, 0.4) is 0 Å². The molecule has 1 atom stereocenters. The summed E-state index contributed by atoms with van der Waals surface area (Å²) in [5.41, 5.74) is 0. The van der Waals surface area contributed by atoms with E-state index in [0.29, 0.717) is 19.4 Å². The third-order valence-electron chi connectivity index (χ3n) is 5.15. The van der Waals surface area contributed by atoms with Crippen molar-refractivity contribution in [2.45, 2.75) is 43.7 Å². The zero-order valence-corrected chi connectivity index (χ0v) is 17.2. The van der Waals surface area contributed by atoms with E-state index in [-0.39, 0.29) is 47.0 Å². The summed E-state index contributed by atoms with van der Waals surface area (Å²) in [4.78, 5) is 25.8. The lowest BCUT2D eigenvalue weighted by Crippen LogP contribution is -2.50. The maximum Gasteiger partial charge on any atom is 0.410 e. The fraction of sp³-hybridized carbons (Fsp3) is 0.647. The number of hydrogen-bond acceptors (Lipinski definition) is 7. The van der Waals surface area contributed by atoms with Gasteiger partial charge in [-0.2, -0.15) is 4.31 Å². The van der Waals surface area contributed by atoms with E-state index in [2.05, 4.69) is 4.74 Å². The third-order valence-corrected chi connectivity index (χ3v) is 8.11. The first-order valence-electron chi connectivity index (χ1n) is 8.88. The average molecular weight is 417 g/mol. The molecule has 0 bridgehead atoms. The van der Waals surface area contributed by atoms with Gasteiger partial charge in [0.2, 0.25) is 10.0 Å². The van der Waals surface area contributed by atoms with Crippen molar-refractivity contribution in [3.05, 3.63) is 16.3 Å². The van der Waals surface area contributed by atoms with Crippen LogP contribution in [0.1, 0.15) is 36.4 Å². The van der Waals surface area contributed by atoms with Crippen LogP contribution in [0.2, 0.25) is 0 Å². The van der Waals surface area contributed by atoms with E-state index in [1.807, 2.05) is 13.8 Å². The molecule has 2 fully saturated rings. The standard InChI is InChI=1S/C17H24N2O6S2/c1-11(2)13-10-25-17(21)19(13)12-4-7-18(8-5-12)27(22,23)14-6-9-26-15(14)16(20)24-3/h6,9,11-13H,4-5,7-8,10H2,1-3H3. The van der Waals surface area contributed by atoms with Gasteiger partial charge in [-0.1, -0.05) is 13.8 Å². The molecule has 0 aliphatic carbocycles. The number of amides is 1. The third kappa shape index (κ3) is 3.70. The van der Waals surface area contributed by atoms with Gasteiger partial charge >= 0.3 is 12.1 Å². The van der Waals surface area contributed by atoms with Crippen molar-refractivity contribution >= 4 is 33.4 Å². The van der Waals surface area contributed by atoms with Crippen molar-refractivity contribution in [3.63, 3.8) is 0 Å². The van der Waals surface area contributed by atoms with E-state index in [9.17, 15) is 18.0 Å². The number of rotatable bonds is 5. The molecule has 0 spiro atoms. The fourth-order valence-corrected chi connectivity index (χ4v) is 6.40. The number of nitrogens with zero attached hydrogens (tertiary/aromatic N) is 2. The molecule has 0 N–H and O–H groups in total. The summed E-state index contributed by atoms with van der Waals surface area (Å²) in [6, 6.07) is 1.42. The number of carbonyl (C=O) groups excluding carboxylic acids is 2. The SMILES string of the molecule is COC(=O)c1sccc1S(=O)(=O)N1CCC(N2C(=O)OCC2C(C)C)CC1. The molecule has 3 heterocycles. The van der Waals surface area contributed by atoms with Crippen LogP contribution >= 0.6 is 11.3 Å². The molecule has 3 rings (SSSR count). The Balaban J connectivity index is 1.73. The van der Waals surface area contributed by atoms with Crippen molar-refractivity contribution in [1.29, 1.82) is 0 Å². The van der Waals surface area contributed by atoms with Crippen LogP contribution < -0.4 is 0 Å². The number of thiophene rings is 1. The number of hydrogen-bond donors (Lipinski definition) is 0. The number of carbonyl (C=O) groups is 2. The number of ether oxygens (including phenoxy) is 2. The lowest BCUT2D eigenvalue weighted by atomic mass is 9.98. The number of esters is 1. The lowest BCUT2D eigenvalue weighted by molar-refractivity contribution is 0.0601. The highest BCUT2D eigenvalue weighted by molar-refractivity contribution is 7.89. The summed E-state index contributed by atoms with van der Waals surface area (Å²) >= 11 is 1.05. The summed E-state index contributed by atoms with van der Waals surface area (Å²) in [6.45, 7) is 5.05. The Morgan fingerprint density at radius 1 is 1.33 bits per heavy atom. The van der Waals surface area contributed by atoms with E-state index in [0.717, 1.165) is 11.3 Å². The van der Waals surface area contributed by atoms with Gasteiger partial charge in [0.1, 0.15) is 16.4 Å². The first kappa shape index (κ1) is 20.1. The summed E-state index contributed by atoms with van der Waals surface area (Å²) in [5.74, 6) is -0.385. The van der Waals surface area contributed by atoms with Gasteiger partial charge in [-0.15, -0.1) is 11.3 Å². The topological polar surface area (TPSA) is 93.2 Å². The Kier molecular flexibility index (Phi) is 5.78. The van der Waals surface area contributed by atoms with Crippen LogP contribution in [0.4, 0.5) is 4.79 Å². The molecule has 1 amide bonds. The summed E-state index contributed by atoms with van der Waals surface area (Å²) in [7, 11) is -2.56. The van der Waals surface area contributed by atoms with E-state index in [1.54, 1.807) is 10.3 Å². The van der Waals surface area contributed by atoms with Gasteiger partial charge in [0.15, 0.2) is 0 Å². The highest BCUT2D eigenvalue weighted by Crippen LogP contribution is 2.31. The first-order valence-corrected chi connectivity index (χ1v) is 11.2. The largest absolute Gasteiger partial charge is 0.465 e. The minimum atomic E-state index is -3.79. The zero-order valence-electron chi connectivity index (χ0n) is 15.6. The molecule has 1 unspecified atom stereocenters. The number of methoxy groups -OCH3 is 1. The molecule has 1 aromatic rings. The normalized spacial score (nSPS) is 22.3. The summed E-state index contributed by atoms with van der Waals surface area (Å²) < 4.78 is 37.2. The van der Waals surface area contributed by atoms with Gasteiger partial charge in [0, 0.05) is 19.1 Å². The molecule has 2 saturated heterocycles. The van der Waals surface area contributed by atoms with Crippen LogP contribution in [-0.2, 0) is 19.5 Å². The second kappa shape index (κ2) is 7.76. The smallest absolute Gasteiger partial charge is 0.410 e. The maximum atomic E-state index is 13.0. The van der Waals surface area contributed by atoms with Crippen molar-refractivity contribution in [2.75, 3.05) is 26.8 Å². The maximum absolute atomic E-state index is 13.0. The Hall–Kier alpha value is -1.65. The van der Waals surface area contributed by atoms with Crippen molar-refractivity contribution < 1.29 is 27.5 Å². The zero-order chi connectivity index (χ0) is 19.8. The highest BCUT2D eigenvalue weighted by atomic mass is 32.2. The summed E-state index contributed by atoms with van der Waals surface area (Å²) in [5, 5.41) is 1.57. The molecule has 0 aromatic carbocycles. The van der Waals surface area contributed by atoms with Gasteiger partial charge in [-0.05, 0) is 30.2 Å². The molecule has 2 aliphatic heterocycles. The number of piperidine rings is 1. The number of cyclic esters (lactones) is 1. The fourth-order valence-electron chi connectivity index (χ4n) is 3.62. The highest BCUT2D eigenvalue weighted by Gasteiger charge is 2.42. The van der Waals surface area contributed by atoms with E-state index in [1.165, 1.54) is 17.5 Å². The molecule has 1 aromatic heterocycles. The van der Waals surface area contributed by atoms with Crippen LogP contribution in [0.25, 0.3) is 0 Å². The molecule has 10 heteroatoms. The second-order valence-corrected chi connectivity index (χ2v) is 9.86. The molecule has 0 saturated carbocycles. The number of sulfonamides is 1. The minimum absolute atomic E-state index is 0.0153. The molecule has 150 valence electrons. The van der Waals surface area contributed by atoms with Crippen LogP contribution in [0.15, 0.2) is 16.3 Å². The van der Waals surface area contributed by atoms with Crippen molar-refractivity contribution in [1.82, 2.24) is 9.21 Å². The second-order valence-electron chi connectivity index (χ2n) is 7.04. The summed E-state index contributed by atoms with van der Waals surface area (Å²) in [6.07, 6.45) is 0.755. The van der Waals surface area contributed by atoms with Gasteiger partial charge in [-0.3, -0.25) is 4.90 Å². The quantitative estimate of drug-likeness (QED) is 0.683. The van der Waals surface area contributed by atoms with Gasteiger partial charge in [-0.25, -0.2) is 18.0 Å². The molecule has 27 heavy (non-hydrogen) atoms. The van der Waals surface area contributed by atoms with Crippen molar-refractivity contribution in [3.8, 4) is 0 Å². The Bertz CT molecular complexity index is 811. The van der Waals surface area contributed by atoms with Gasteiger partial charge in [0.25, 0.3) is 0 Å². The van der Waals surface area contributed by atoms with E-state index in [4.69, 9.17) is 4.74 Å². The first-order chi connectivity index (χ1) is 12.8. The molecule has 2 aliphatic rings. The Labute approximate surface area is 163 Å². The predicted molar refractivity (Wildman–Crippen MR) is 99.3 cm³/mol. The monoisotopic (exact) mass is 416 g/mol. The Morgan fingerprint density at radius 3 is 2.59 bits per heavy atom. The molecule has 0 radical (unpaired) electrons. The molecular weight excluding hydrogens is 392 g/mol. The van der Waals surface area contributed by atoms with Crippen molar-refractivity contribution in [2.24, 2.45) is 5.92 Å². The van der Waals surface area contributed by atoms with E-state index >= 15 is 0 Å².